The van der Waals surface area contributed by atoms with Crippen LogP contribution in [0.3, 0.4) is 0 Å². The zero-order valence-electron chi connectivity index (χ0n) is 15.0. The van der Waals surface area contributed by atoms with E-state index >= 15 is 0 Å². The van der Waals surface area contributed by atoms with E-state index in [2.05, 4.69) is 17.6 Å². The summed E-state index contributed by atoms with van der Waals surface area (Å²) in [6.07, 6.45) is 11.0. The van der Waals surface area contributed by atoms with Crippen molar-refractivity contribution in [2.75, 3.05) is 18.5 Å². The van der Waals surface area contributed by atoms with E-state index < -0.39 is 0 Å². The van der Waals surface area contributed by atoms with E-state index in [-0.39, 0.29) is 5.91 Å². The lowest BCUT2D eigenvalue weighted by molar-refractivity contribution is -0.115. The first-order chi connectivity index (χ1) is 11.8. The van der Waals surface area contributed by atoms with Gasteiger partial charge in [0.1, 0.15) is 5.75 Å². The molecule has 1 aromatic rings. The smallest absolute Gasteiger partial charge is 0.238 e. The zero-order valence-corrected chi connectivity index (χ0v) is 15.0. The first-order valence-electron chi connectivity index (χ1n) is 9.54. The van der Waals surface area contributed by atoms with Gasteiger partial charge in [0, 0.05) is 17.8 Å². The van der Waals surface area contributed by atoms with E-state index in [1.54, 1.807) is 0 Å². The van der Waals surface area contributed by atoms with Gasteiger partial charge in [-0.1, -0.05) is 51.5 Å². The maximum Gasteiger partial charge on any atom is 0.238 e. The molecule has 1 aliphatic rings. The average Bonchev–Trinajstić information content (AvgIpc) is 2.61. The van der Waals surface area contributed by atoms with Gasteiger partial charge in [-0.25, -0.2) is 0 Å². The second kappa shape index (κ2) is 11.1. The maximum atomic E-state index is 12.1. The molecule has 1 saturated carbocycles. The lowest BCUT2D eigenvalue weighted by Crippen LogP contribution is -2.37. The minimum absolute atomic E-state index is 0.0145. The van der Waals surface area contributed by atoms with E-state index in [9.17, 15) is 4.79 Å². The number of benzene rings is 1. The fourth-order valence-corrected chi connectivity index (χ4v) is 3.13. The van der Waals surface area contributed by atoms with Crippen LogP contribution in [0.2, 0.25) is 0 Å². The molecule has 24 heavy (non-hydrogen) atoms. The molecule has 1 amide bonds. The Hall–Kier alpha value is -1.55. The van der Waals surface area contributed by atoms with Crippen molar-refractivity contribution in [1.82, 2.24) is 5.32 Å². The molecule has 1 aromatic carbocycles. The molecule has 0 atom stereocenters. The Bertz CT molecular complexity index is 484. The highest BCUT2D eigenvalue weighted by Crippen LogP contribution is 2.19. The van der Waals surface area contributed by atoms with Gasteiger partial charge in [0.05, 0.1) is 13.2 Å². The number of ether oxygens (including phenoxy) is 1. The molecular weight excluding hydrogens is 300 g/mol. The van der Waals surface area contributed by atoms with Crippen LogP contribution < -0.4 is 15.4 Å². The van der Waals surface area contributed by atoms with Crippen molar-refractivity contribution in [2.24, 2.45) is 0 Å². The normalized spacial score (nSPS) is 15.2. The van der Waals surface area contributed by atoms with Crippen LogP contribution in [0.1, 0.15) is 64.7 Å². The van der Waals surface area contributed by atoms with Crippen LogP contribution in [0.4, 0.5) is 5.69 Å². The Morgan fingerprint density at radius 1 is 1.17 bits per heavy atom. The van der Waals surface area contributed by atoms with E-state index in [0.29, 0.717) is 12.6 Å². The van der Waals surface area contributed by atoms with Crippen LogP contribution in [0.25, 0.3) is 0 Å². The third-order valence-corrected chi connectivity index (χ3v) is 4.54. The average molecular weight is 332 g/mol. The molecular formula is C20H32N2O2. The lowest BCUT2D eigenvalue weighted by Gasteiger charge is -2.22. The molecule has 1 aliphatic carbocycles. The summed E-state index contributed by atoms with van der Waals surface area (Å²) in [5.41, 5.74) is 0.802. The highest BCUT2D eigenvalue weighted by Gasteiger charge is 2.13. The number of amides is 1. The number of unbranched alkanes of at least 4 members (excludes halogenated alkanes) is 3. The highest BCUT2D eigenvalue weighted by atomic mass is 16.5. The monoisotopic (exact) mass is 332 g/mol. The van der Waals surface area contributed by atoms with Crippen LogP contribution in [0, 0.1) is 0 Å². The van der Waals surface area contributed by atoms with Crippen LogP contribution in [-0.4, -0.2) is 25.1 Å². The highest BCUT2D eigenvalue weighted by molar-refractivity contribution is 5.92. The van der Waals surface area contributed by atoms with Gasteiger partial charge in [-0.05, 0) is 31.4 Å². The summed E-state index contributed by atoms with van der Waals surface area (Å²) in [6.45, 7) is 3.32. The standard InChI is InChI=1S/C20H32N2O2/c1-2-3-4-8-14-24-19-13-9-12-18(15-19)22-20(23)16-21-17-10-6-5-7-11-17/h9,12-13,15,17,21H,2-8,10-11,14,16H2,1H3,(H,22,23). The first-order valence-corrected chi connectivity index (χ1v) is 9.54. The number of carbonyl (C=O) groups excluding carboxylic acids is 1. The summed E-state index contributed by atoms with van der Waals surface area (Å²) in [5, 5.41) is 6.32. The Labute approximate surface area is 146 Å². The summed E-state index contributed by atoms with van der Waals surface area (Å²) < 4.78 is 5.76. The molecule has 134 valence electrons. The Kier molecular flexibility index (Phi) is 8.67. The molecule has 4 heteroatoms. The molecule has 0 heterocycles. The maximum absolute atomic E-state index is 12.1. The summed E-state index contributed by atoms with van der Waals surface area (Å²) in [4.78, 5) is 12.1. The number of carbonyl (C=O) groups is 1. The molecule has 0 bridgehead atoms. The molecule has 0 radical (unpaired) electrons. The Morgan fingerprint density at radius 2 is 2.00 bits per heavy atom. The number of hydrogen-bond acceptors (Lipinski definition) is 3. The number of hydrogen-bond donors (Lipinski definition) is 2. The van der Waals surface area contributed by atoms with Crippen molar-refractivity contribution in [3.05, 3.63) is 24.3 Å². The van der Waals surface area contributed by atoms with Crippen LogP contribution in [0.5, 0.6) is 5.75 Å². The van der Waals surface area contributed by atoms with Crippen molar-refractivity contribution in [3.8, 4) is 5.75 Å². The Balaban J connectivity index is 1.69. The van der Waals surface area contributed by atoms with Gasteiger partial charge in [-0.2, -0.15) is 0 Å². The molecule has 0 spiro atoms. The fraction of sp³-hybridized carbons (Fsp3) is 0.650. The molecule has 0 aromatic heterocycles. The molecule has 2 N–H and O–H groups in total. The van der Waals surface area contributed by atoms with Gasteiger partial charge < -0.3 is 15.4 Å². The van der Waals surface area contributed by atoms with E-state index in [1.807, 2.05) is 24.3 Å². The number of rotatable bonds is 10. The van der Waals surface area contributed by atoms with Crippen molar-refractivity contribution in [3.63, 3.8) is 0 Å². The second-order valence-corrected chi connectivity index (χ2v) is 6.70. The lowest BCUT2D eigenvalue weighted by atomic mass is 9.95. The van der Waals surface area contributed by atoms with Crippen molar-refractivity contribution in [1.29, 1.82) is 0 Å². The molecule has 0 unspecified atom stereocenters. The minimum Gasteiger partial charge on any atom is -0.494 e. The summed E-state index contributed by atoms with van der Waals surface area (Å²) in [7, 11) is 0. The molecule has 2 rings (SSSR count). The predicted octanol–water partition coefficient (Wildman–Crippen LogP) is 4.51. The van der Waals surface area contributed by atoms with Crippen molar-refractivity contribution >= 4 is 11.6 Å². The third kappa shape index (κ3) is 7.35. The molecule has 0 saturated heterocycles. The van der Waals surface area contributed by atoms with Crippen molar-refractivity contribution in [2.45, 2.75) is 70.8 Å². The molecule has 1 fully saturated rings. The topological polar surface area (TPSA) is 50.4 Å². The summed E-state index contributed by atoms with van der Waals surface area (Å²) in [6, 6.07) is 8.17. The van der Waals surface area contributed by atoms with Gasteiger partial charge in [0.15, 0.2) is 0 Å². The zero-order chi connectivity index (χ0) is 17.0. The van der Waals surface area contributed by atoms with Gasteiger partial charge in [-0.15, -0.1) is 0 Å². The minimum atomic E-state index is 0.0145. The number of nitrogens with one attached hydrogen (secondary N) is 2. The largest absolute Gasteiger partial charge is 0.494 e. The fourth-order valence-electron chi connectivity index (χ4n) is 3.13. The van der Waals surface area contributed by atoms with E-state index in [0.717, 1.165) is 24.5 Å². The van der Waals surface area contributed by atoms with E-state index in [4.69, 9.17) is 4.74 Å². The Morgan fingerprint density at radius 3 is 2.79 bits per heavy atom. The van der Waals surface area contributed by atoms with Crippen molar-refractivity contribution < 1.29 is 9.53 Å². The second-order valence-electron chi connectivity index (χ2n) is 6.70. The SMILES string of the molecule is CCCCCCOc1cccc(NC(=O)CNC2CCCCC2)c1. The van der Waals surface area contributed by atoms with Gasteiger partial charge in [0.25, 0.3) is 0 Å². The number of anilines is 1. The van der Waals surface area contributed by atoms with E-state index in [1.165, 1.54) is 51.4 Å². The van der Waals surface area contributed by atoms with Gasteiger partial charge in [0.2, 0.25) is 5.91 Å². The molecule has 4 nitrogen and oxygen atoms in total. The molecule has 0 aliphatic heterocycles. The van der Waals surface area contributed by atoms with Crippen LogP contribution in [0.15, 0.2) is 24.3 Å². The third-order valence-electron chi connectivity index (χ3n) is 4.54. The van der Waals surface area contributed by atoms with Gasteiger partial charge in [-0.3, -0.25) is 4.79 Å². The predicted molar refractivity (Wildman–Crippen MR) is 99.6 cm³/mol. The summed E-state index contributed by atoms with van der Waals surface area (Å²) >= 11 is 0. The van der Waals surface area contributed by atoms with Gasteiger partial charge >= 0.3 is 0 Å². The summed E-state index contributed by atoms with van der Waals surface area (Å²) in [5.74, 6) is 0.838. The van der Waals surface area contributed by atoms with Crippen LogP contribution in [-0.2, 0) is 4.79 Å². The quantitative estimate of drug-likeness (QED) is 0.620. The van der Waals surface area contributed by atoms with Crippen LogP contribution >= 0.6 is 0 Å². The first kappa shape index (κ1) is 18.8.